The van der Waals surface area contributed by atoms with Gasteiger partial charge in [-0.2, -0.15) is 0 Å². The lowest BCUT2D eigenvalue weighted by molar-refractivity contribution is -0.163. The van der Waals surface area contributed by atoms with Crippen LogP contribution in [0.25, 0.3) is 0 Å². The molecular weight excluding hydrogens is 432 g/mol. The predicted molar refractivity (Wildman–Crippen MR) is 132 cm³/mol. The third-order valence-corrected chi connectivity index (χ3v) is 11.9. The minimum absolute atomic E-state index is 0.0588. The molecule has 1 aliphatic rings. The van der Waals surface area contributed by atoms with Gasteiger partial charge in [-0.1, -0.05) is 88.4 Å². The number of benzene rings is 2. The van der Waals surface area contributed by atoms with Gasteiger partial charge in [0.05, 0.1) is 19.1 Å². The van der Waals surface area contributed by atoms with Gasteiger partial charge in [0.2, 0.25) is 0 Å². The number of hydrogen-bond donors (Lipinski definition) is 0. The molecule has 0 radical (unpaired) electrons. The Hall–Kier alpha value is -2.44. The summed E-state index contributed by atoms with van der Waals surface area (Å²) < 4.78 is 18.0. The topological polar surface area (TPSA) is 61.8 Å². The van der Waals surface area contributed by atoms with Crippen molar-refractivity contribution in [2.45, 2.75) is 64.7 Å². The quantitative estimate of drug-likeness (QED) is 0.472. The first-order chi connectivity index (χ1) is 15.6. The van der Waals surface area contributed by atoms with E-state index in [0.717, 1.165) is 0 Å². The van der Waals surface area contributed by atoms with Gasteiger partial charge in [0.1, 0.15) is 6.10 Å². The first-order valence-electron chi connectivity index (χ1n) is 11.6. The smallest absolute Gasteiger partial charge is 0.308 e. The lowest BCUT2D eigenvalue weighted by atomic mass is 9.78. The van der Waals surface area contributed by atoms with Crippen LogP contribution in [-0.2, 0) is 23.5 Å². The molecular formula is C27H36O5Si. The fraction of sp³-hybridized carbons (Fsp3) is 0.481. The van der Waals surface area contributed by atoms with Crippen LogP contribution in [0.5, 0.6) is 0 Å². The summed E-state index contributed by atoms with van der Waals surface area (Å²) in [5, 5.41) is 2.17. The average Bonchev–Trinajstić information content (AvgIpc) is 2.79. The lowest BCUT2D eigenvalue weighted by Gasteiger charge is -2.48. The van der Waals surface area contributed by atoms with E-state index < -0.39 is 14.4 Å². The van der Waals surface area contributed by atoms with Gasteiger partial charge in [0.25, 0.3) is 8.32 Å². The van der Waals surface area contributed by atoms with Crippen LogP contribution in [-0.4, -0.2) is 39.6 Å². The first-order valence-corrected chi connectivity index (χ1v) is 13.5. The summed E-state index contributed by atoms with van der Waals surface area (Å²) in [7, 11) is -1.41. The molecule has 33 heavy (non-hydrogen) atoms. The Morgan fingerprint density at radius 2 is 1.36 bits per heavy atom. The van der Waals surface area contributed by atoms with Crippen molar-refractivity contribution in [2.24, 2.45) is 11.8 Å². The largest absolute Gasteiger partial charge is 0.469 e. The number of ether oxygens (including phenoxy) is 2. The zero-order chi connectivity index (χ0) is 24.2. The van der Waals surface area contributed by atoms with Crippen LogP contribution in [0.4, 0.5) is 0 Å². The van der Waals surface area contributed by atoms with E-state index in [1.54, 1.807) is 0 Å². The van der Waals surface area contributed by atoms with Crippen LogP contribution in [0.1, 0.15) is 47.5 Å². The molecule has 0 amide bonds. The van der Waals surface area contributed by atoms with Gasteiger partial charge in [-0.3, -0.25) is 9.59 Å². The molecule has 0 spiro atoms. The Morgan fingerprint density at radius 3 is 1.79 bits per heavy atom. The van der Waals surface area contributed by atoms with E-state index in [-0.39, 0.29) is 34.9 Å². The Kier molecular flexibility index (Phi) is 7.80. The average molecular weight is 469 g/mol. The molecule has 178 valence electrons. The summed E-state index contributed by atoms with van der Waals surface area (Å²) in [6.07, 6.45) is 0.325. The van der Waals surface area contributed by atoms with Crippen molar-refractivity contribution in [1.82, 2.24) is 0 Å². The number of carbonyl (C=O) groups excluding carboxylic acids is 2. The minimum atomic E-state index is -2.82. The second kappa shape index (κ2) is 10.2. The molecule has 5 nitrogen and oxygen atoms in total. The molecule has 0 saturated heterocycles. The third kappa shape index (κ3) is 5.22. The molecule has 6 heteroatoms. The molecule has 0 aliphatic heterocycles. The highest BCUT2D eigenvalue weighted by molar-refractivity contribution is 6.99. The summed E-state index contributed by atoms with van der Waals surface area (Å²) in [5.74, 6) is -1.06. The highest BCUT2D eigenvalue weighted by atomic mass is 28.4. The summed E-state index contributed by atoms with van der Waals surface area (Å²) in [4.78, 5) is 24.4. The molecule has 0 N–H and O–H groups in total. The van der Waals surface area contributed by atoms with Crippen molar-refractivity contribution in [1.29, 1.82) is 0 Å². The van der Waals surface area contributed by atoms with Gasteiger partial charge in [0.15, 0.2) is 0 Å². The fourth-order valence-electron chi connectivity index (χ4n) is 5.13. The number of esters is 2. The third-order valence-electron chi connectivity index (χ3n) is 6.80. The Bertz CT molecular complexity index is 898. The molecule has 0 bridgehead atoms. The van der Waals surface area contributed by atoms with Crippen molar-refractivity contribution in [3.63, 3.8) is 0 Å². The summed E-state index contributed by atoms with van der Waals surface area (Å²) in [6, 6.07) is 20.9. The van der Waals surface area contributed by atoms with E-state index in [1.807, 2.05) is 12.1 Å². The second-order valence-corrected chi connectivity index (χ2v) is 14.3. The molecule has 2 aromatic rings. The van der Waals surface area contributed by atoms with E-state index in [2.05, 4.69) is 76.2 Å². The van der Waals surface area contributed by atoms with Gasteiger partial charge < -0.3 is 13.9 Å². The van der Waals surface area contributed by atoms with Gasteiger partial charge in [-0.05, 0) is 28.3 Å². The van der Waals surface area contributed by atoms with Crippen molar-refractivity contribution in [3.8, 4) is 0 Å². The molecule has 4 atom stereocenters. The standard InChI is InChI=1S/C27H36O5Si/c1-19-24(31-20(2)28)17-21(26(29)30-6)18-25(19)32-33(27(3,4)5,22-13-9-7-10-14-22)23-15-11-8-12-16-23/h7-16,19,21,24-25H,17-18H2,1-6H3/t19-,21+,24-,25+/m1/s1. The summed E-state index contributed by atoms with van der Waals surface area (Å²) >= 11 is 0. The monoisotopic (exact) mass is 468 g/mol. The van der Waals surface area contributed by atoms with Crippen LogP contribution >= 0.6 is 0 Å². The highest BCUT2D eigenvalue weighted by Crippen LogP contribution is 2.42. The number of carbonyl (C=O) groups is 2. The maximum absolute atomic E-state index is 12.5. The van der Waals surface area contributed by atoms with E-state index in [0.29, 0.717) is 12.8 Å². The second-order valence-electron chi connectivity index (χ2n) is 10.0. The van der Waals surface area contributed by atoms with E-state index in [1.165, 1.54) is 24.4 Å². The minimum Gasteiger partial charge on any atom is -0.469 e. The van der Waals surface area contributed by atoms with Gasteiger partial charge in [-0.25, -0.2) is 0 Å². The van der Waals surface area contributed by atoms with Crippen LogP contribution in [0, 0.1) is 11.8 Å². The predicted octanol–water partition coefficient (Wildman–Crippen LogP) is 4.08. The van der Waals surface area contributed by atoms with Gasteiger partial charge in [0, 0.05) is 12.8 Å². The maximum atomic E-state index is 12.5. The van der Waals surface area contributed by atoms with Crippen molar-refractivity contribution in [2.75, 3.05) is 7.11 Å². The first kappa shape index (κ1) is 25.2. The van der Waals surface area contributed by atoms with Crippen LogP contribution in [0.15, 0.2) is 60.7 Å². The molecule has 0 unspecified atom stereocenters. The lowest BCUT2D eigenvalue weighted by Crippen LogP contribution is -2.68. The van der Waals surface area contributed by atoms with Crippen molar-refractivity contribution < 1.29 is 23.5 Å². The number of hydrogen-bond acceptors (Lipinski definition) is 5. The van der Waals surface area contributed by atoms with Gasteiger partial charge >= 0.3 is 11.9 Å². The molecule has 0 aromatic heterocycles. The zero-order valence-electron chi connectivity index (χ0n) is 20.5. The fourth-order valence-corrected chi connectivity index (χ4v) is 9.91. The van der Waals surface area contributed by atoms with E-state index >= 15 is 0 Å². The molecule has 3 rings (SSSR count). The zero-order valence-corrected chi connectivity index (χ0v) is 21.5. The Labute approximate surface area is 198 Å². The van der Waals surface area contributed by atoms with Gasteiger partial charge in [-0.15, -0.1) is 0 Å². The Balaban J connectivity index is 2.13. The molecule has 0 heterocycles. The van der Waals surface area contributed by atoms with E-state index in [4.69, 9.17) is 13.9 Å². The van der Waals surface area contributed by atoms with Crippen LogP contribution in [0.3, 0.4) is 0 Å². The summed E-state index contributed by atoms with van der Waals surface area (Å²) in [6.45, 7) is 10.2. The number of methoxy groups -OCH3 is 1. The van der Waals surface area contributed by atoms with Crippen molar-refractivity contribution >= 4 is 30.6 Å². The van der Waals surface area contributed by atoms with Crippen LogP contribution in [0.2, 0.25) is 5.04 Å². The SMILES string of the molecule is COC(=O)[C@@H]1C[C@H](O[Si](c2ccccc2)(c2ccccc2)C(C)(C)C)[C@H](C)[C@H](OC(C)=O)C1. The summed E-state index contributed by atoms with van der Waals surface area (Å²) in [5.41, 5.74) is 0. The highest BCUT2D eigenvalue weighted by Gasteiger charge is 2.53. The normalized spacial score (nSPS) is 23.6. The maximum Gasteiger partial charge on any atom is 0.308 e. The number of rotatable bonds is 6. The Morgan fingerprint density at radius 1 is 0.879 bits per heavy atom. The molecule has 1 saturated carbocycles. The molecule has 1 aliphatic carbocycles. The molecule has 2 aromatic carbocycles. The molecule has 1 fully saturated rings. The van der Waals surface area contributed by atoms with E-state index in [9.17, 15) is 9.59 Å². The van der Waals surface area contributed by atoms with Crippen molar-refractivity contribution in [3.05, 3.63) is 60.7 Å². The van der Waals surface area contributed by atoms with Crippen LogP contribution < -0.4 is 10.4 Å².